The molecule has 0 aliphatic rings. The molecule has 0 aliphatic heterocycles. The van der Waals surface area contributed by atoms with Gasteiger partial charge in [0, 0.05) is 5.75 Å². The lowest BCUT2D eigenvalue weighted by molar-refractivity contribution is -0.622. The first-order chi connectivity index (χ1) is 2.41. The van der Waals surface area contributed by atoms with Crippen molar-refractivity contribution in [1.29, 1.82) is 0 Å². The summed E-state index contributed by atoms with van der Waals surface area (Å²) in [5, 5.41) is 2.10. The summed E-state index contributed by atoms with van der Waals surface area (Å²) < 4.78 is 0. The molecule has 0 amide bonds. The van der Waals surface area contributed by atoms with E-state index in [1.165, 1.54) is 0 Å². The largest absolute Gasteiger partial charge is 0.348 e. The minimum atomic E-state index is 0.983. The molecule has 5 heavy (non-hydrogen) atoms. The molecule has 0 aromatic heterocycles. The third kappa shape index (κ3) is 4.31. The van der Waals surface area contributed by atoms with Crippen LogP contribution >= 0.6 is 12.6 Å². The zero-order valence-electron chi connectivity index (χ0n) is 3.44. The molecule has 32 valence electrons. The summed E-state index contributed by atoms with van der Waals surface area (Å²) in [5.74, 6) is 0.983. The Hall–Kier alpha value is 0.310. The second kappa shape index (κ2) is 4.31. The Labute approximate surface area is 38.2 Å². The molecule has 0 aliphatic carbocycles. The van der Waals surface area contributed by atoms with Gasteiger partial charge in [-0.2, -0.15) is 12.6 Å². The standard InChI is InChI=1S/C3H9NS/c1-4-2-3-5/h4-5H,2-3H2,1H3/p+1. The van der Waals surface area contributed by atoms with E-state index in [0.29, 0.717) is 0 Å². The van der Waals surface area contributed by atoms with Crippen molar-refractivity contribution in [2.24, 2.45) is 0 Å². The molecule has 0 saturated carbocycles. The van der Waals surface area contributed by atoms with E-state index in [9.17, 15) is 0 Å². The third-order valence-corrected chi connectivity index (χ3v) is 0.676. The van der Waals surface area contributed by atoms with Gasteiger partial charge >= 0.3 is 0 Å². The zero-order chi connectivity index (χ0) is 4.12. The highest BCUT2D eigenvalue weighted by Crippen LogP contribution is 1.57. The smallest absolute Gasteiger partial charge is 0.0842 e. The molecular formula is C3H10NS+. The summed E-state index contributed by atoms with van der Waals surface area (Å²) in [5.41, 5.74) is 0. The van der Waals surface area contributed by atoms with Crippen LogP contribution in [0.15, 0.2) is 0 Å². The predicted molar refractivity (Wildman–Crippen MR) is 26.6 cm³/mol. The minimum Gasteiger partial charge on any atom is -0.348 e. The van der Waals surface area contributed by atoms with E-state index in [2.05, 4.69) is 17.9 Å². The fraction of sp³-hybridized carbons (Fsp3) is 1.00. The first-order valence-corrected chi connectivity index (χ1v) is 2.43. The highest BCUT2D eigenvalue weighted by atomic mass is 32.1. The number of hydrogen-bond acceptors (Lipinski definition) is 1. The number of quaternary nitrogens is 1. The molecule has 0 fully saturated rings. The van der Waals surface area contributed by atoms with E-state index in [-0.39, 0.29) is 0 Å². The fourth-order valence-corrected chi connectivity index (χ4v) is 0.387. The maximum Gasteiger partial charge on any atom is 0.0842 e. The molecule has 0 heterocycles. The Bertz CT molecular complexity index is 14.4. The van der Waals surface area contributed by atoms with Crippen molar-refractivity contribution in [3.63, 3.8) is 0 Å². The van der Waals surface area contributed by atoms with Crippen molar-refractivity contribution in [3.05, 3.63) is 0 Å². The van der Waals surface area contributed by atoms with Gasteiger partial charge in [0.1, 0.15) is 0 Å². The van der Waals surface area contributed by atoms with Crippen molar-refractivity contribution in [1.82, 2.24) is 0 Å². The van der Waals surface area contributed by atoms with Crippen LogP contribution in [0.3, 0.4) is 0 Å². The van der Waals surface area contributed by atoms with Gasteiger partial charge in [-0.25, -0.2) is 0 Å². The number of rotatable bonds is 2. The van der Waals surface area contributed by atoms with Crippen molar-refractivity contribution < 1.29 is 5.32 Å². The summed E-state index contributed by atoms with van der Waals surface area (Å²) in [6, 6.07) is 0. The molecule has 0 atom stereocenters. The van der Waals surface area contributed by atoms with Crippen LogP contribution in [-0.2, 0) is 0 Å². The summed E-state index contributed by atoms with van der Waals surface area (Å²) >= 11 is 3.97. The zero-order valence-corrected chi connectivity index (χ0v) is 4.33. The predicted octanol–water partition coefficient (Wildman–Crippen LogP) is -0.891. The Morgan fingerprint density at radius 2 is 2.40 bits per heavy atom. The van der Waals surface area contributed by atoms with Crippen LogP contribution in [0.1, 0.15) is 0 Å². The summed E-state index contributed by atoms with van der Waals surface area (Å²) in [6.45, 7) is 1.13. The molecule has 0 rings (SSSR count). The Morgan fingerprint density at radius 3 is 2.40 bits per heavy atom. The fourth-order valence-electron chi connectivity index (χ4n) is 0.129. The molecule has 0 spiro atoms. The van der Waals surface area contributed by atoms with Gasteiger partial charge in [-0.15, -0.1) is 0 Å². The Morgan fingerprint density at radius 1 is 1.80 bits per heavy atom. The minimum absolute atomic E-state index is 0.983. The van der Waals surface area contributed by atoms with E-state index in [0.717, 1.165) is 12.3 Å². The van der Waals surface area contributed by atoms with E-state index in [1.54, 1.807) is 0 Å². The van der Waals surface area contributed by atoms with Crippen LogP contribution in [0, 0.1) is 0 Å². The van der Waals surface area contributed by atoms with Gasteiger partial charge in [-0.05, 0) is 0 Å². The second-order valence-corrected chi connectivity index (χ2v) is 1.37. The van der Waals surface area contributed by atoms with Gasteiger partial charge in [0.15, 0.2) is 0 Å². The number of thiol groups is 1. The van der Waals surface area contributed by atoms with Gasteiger partial charge in [-0.3, -0.25) is 0 Å². The first-order valence-electron chi connectivity index (χ1n) is 1.80. The monoisotopic (exact) mass is 92.1 g/mol. The van der Waals surface area contributed by atoms with E-state index in [1.807, 2.05) is 7.05 Å². The van der Waals surface area contributed by atoms with Gasteiger partial charge in [0.05, 0.1) is 13.6 Å². The van der Waals surface area contributed by atoms with Crippen LogP contribution in [0.5, 0.6) is 0 Å². The maximum atomic E-state index is 3.97. The lowest BCUT2D eigenvalue weighted by Crippen LogP contribution is -2.80. The van der Waals surface area contributed by atoms with E-state index in [4.69, 9.17) is 0 Å². The molecule has 0 radical (unpaired) electrons. The van der Waals surface area contributed by atoms with E-state index < -0.39 is 0 Å². The van der Waals surface area contributed by atoms with E-state index >= 15 is 0 Å². The van der Waals surface area contributed by atoms with Gasteiger partial charge < -0.3 is 5.32 Å². The summed E-state index contributed by atoms with van der Waals surface area (Å²) in [6.07, 6.45) is 0. The number of nitrogens with two attached hydrogens (primary N) is 1. The summed E-state index contributed by atoms with van der Waals surface area (Å²) in [4.78, 5) is 0. The normalized spacial score (nSPS) is 8.40. The molecule has 0 unspecified atom stereocenters. The molecule has 0 bridgehead atoms. The van der Waals surface area contributed by atoms with Gasteiger partial charge in [0.2, 0.25) is 0 Å². The van der Waals surface area contributed by atoms with Crippen molar-refractivity contribution in [3.8, 4) is 0 Å². The van der Waals surface area contributed by atoms with Gasteiger partial charge in [0.25, 0.3) is 0 Å². The van der Waals surface area contributed by atoms with Crippen LogP contribution in [0.4, 0.5) is 0 Å². The highest BCUT2D eigenvalue weighted by molar-refractivity contribution is 7.80. The Balaban J connectivity index is 2.19. The summed E-state index contributed by atoms with van der Waals surface area (Å²) in [7, 11) is 2.04. The quantitative estimate of drug-likeness (QED) is 0.411. The molecule has 1 nitrogen and oxygen atoms in total. The lowest BCUT2D eigenvalue weighted by Gasteiger charge is -1.81. The topological polar surface area (TPSA) is 16.6 Å². The number of hydrogen-bond donors (Lipinski definition) is 2. The second-order valence-electron chi connectivity index (χ2n) is 0.921. The maximum absolute atomic E-state index is 3.97. The average Bonchev–Trinajstić information content (AvgIpc) is 1.41. The first kappa shape index (κ1) is 5.31. The van der Waals surface area contributed by atoms with Crippen LogP contribution in [-0.4, -0.2) is 19.3 Å². The van der Waals surface area contributed by atoms with Crippen LogP contribution < -0.4 is 5.32 Å². The Kier molecular flexibility index (Phi) is 4.58. The highest BCUT2D eigenvalue weighted by Gasteiger charge is 1.69. The molecule has 0 aromatic carbocycles. The third-order valence-electron chi connectivity index (χ3n) is 0.418. The molecule has 0 aromatic rings. The van der Waals surface area contributed by atoms with Gasteiger partial charge in [-0.1, -0.05) is 0 Å². The van der Waals surface area contributed by atoms with Crippen LogP contribution in [0.2, 0.25) is 0 Å². The van der Waals surface area contributed by atoms with Crippen LogP contribution in [0.25, 0.3) is 0 Å². The lowest BCUT2D eigenvalue weighted by atomic mass is 10.8. The van der Waals surface area contributed by atoms with Crippen molar-refractivity contribution in [2.75, 3.05) is 19.3 Å². The molecule has 2 heteroatoms. The molecule has 2 N–H and O–H groups in total. The molecular weight excluding hydrogens is 82.1 g/mol. The SMILES string of the molecule is C[NH2+]CCS. The van der Waals surface area contributed by atoms with Crippen molar-refractivity contribution in [2.45, 2.75) is 0 Å². The molecule has 0 saturated heterocycles. The van der Waals surface area contributed by atoms with Crippen molar-refractivity contribution >= 4 is 12.6 Å². The average molecular weight is 92.2 g/mol.